The first-order valence-electron chi connectivity index (χ1n) is 14.4. The van der Waals surface area contributed by atoms with Gasteiger partial charge in [0.1, 0.15) is 11.8 Å². The Kier molecular flexibility index (Phi) is 12.5. The van der Waals surface area contributed by atoms with Gasteiger partial charge in [0.15, 0.2) is 11.7 Å². The Balaban J connectivity index is 1.81. The van der Waals surface area contributed by atoms with Crippen molar-refractivity contribution >= 4 is 45.3 Å². The van der Waals surface area contributed by atoms with Crippen molar-refractivity contribution in [3.8, 4) is 0 Å². The lowest BCUT2D eigenvalue weighted by molar-refractivity contribution is -0.140. The predicted octanol–water partition coefficient (Wildman–Crippen LogP) is 4.41. The van der Waals surface area contributed by atoms with E-state index in [0.717, 1.165) is 16.6 Å². The Bertz CT molecular complexity index is 1350. The van der Waals surface area contributed by atoms with Crippen LogP contribution in [0, 0.1) is 5.92 Å². The number of nitrogens with two attached hydrogens (primary N) is 2. The number of nitrogens with zero attached hydrogens (tertiary/aromatic N) is 2. The van der Waals surface area contributed by atoms with Gasteiger partial charge < -0.3 is 21.7 Å². The zero-order valence-corrected chi connectivity index (χ0v) is 26.0. The third-order valence-electron chi connectivity index (χ3n) is 7.59. The van der Waals surface area contributed by atoms with Crippen LogP contribution >= 0.6 is 15.9 Å². The number of hydrogen-bond donors (Lipinski definition) is 3. The minimum atomic E-state index is -4.52. The maximum absolute atomic E-state index is 13.9. The fraction of sp³-hybridized carbons (Fsp3) is 0.452. The van der Waals surface area contributed by atoms with Gasteiger partial charge in [-0.15, -0.1) is 0 Å². The molecule has 2 aromatic carbocycles. The zero-order valence-electron chi connectivity index (χ0n) is 24.4. The molecule has 5 N–H and O–H groups in total. The molecule has 0 radical (unpaired) electrons. The summed E-state index contributed by atoms with van der Waals surface area (Å²) < 4.78 is 40.1. The number of rotatable bonds is 14. The average molecular weight is 681 g/mol. The summed E-state index contributed by atoms with van der Waals surface area (Å²) in [6.07, 6.45) is -2.52. The summed E-state index contributed by atoms with van der Waals surface area (Å²) in [5.41, 5.74) is 10.6. The number of carbonyl (C=O) groups is 4. The van der Waals surface area contributed by atoms with E-state index in [1.54, 1.807) is 31.2 Å². The molecule has 0 bridgehead atoms. The van der Waals surface area contributed by atoms with Crippen molar-refractivity contribution in [3.63, 3.8) is 0 Å². The van der Waals surface area contributed by atoms with E-state index >= 15 is 0 Å². The van der Waals surface area contributed by atoms with Gasteiger partial charge in [-0.25, -0.2) is 0 Å². The number of benzene rings is 2. The number of likely N-dealkylation sites (tertiary alicyclic amines) is 1. The number of carbonyl (C=O) groups excluding carboxylic acids is 4. The molecule has 0 aliphatic carbocycles. The van der Waals surface area contributed by atoms with Gasteiger partial charge in [0.05, 0.1) is 11.6 Å². The molecular formula is C31H37BrF3N5O4. The van der Waals surface area contributed by atoms with Gasteiger partial charge in [-0.2, -0.15) is 13.2 Å². The third-order valence-corrected chi connectivity index (χ3v) is 8.12. The molecule has 3 rings (SSSR count). The normalized spacial score (nSPS) is 16.2. The minimum Gasteiger partial charge on any atom is -0.370 e. The highest BCUT2D eigenvalue weighted by molar-refractivity contribution is 9.10. The lowest BCUT2D eigenvalue weighted by atomic mass is 9.89. The smallest absolute Gasteiger partial charge is 0.370 e. The fourth-order valence-electron chi connectivity index (χ4n) is 5.26. The van der Waals surface area contributed by atoms with E-state index in [9.17, 15) is 32.3 Å². The van der Waals surface area contributed by atoms with Crippen LogP contribution in [0.25, 0.3) is 0 Å². The van der Waals surface area contributed by atoms with Crippen LogP contribution < -0.4 is 16.8 Å². The summed E-state index contributed by atoms with van der Waals surface area (Å²) in [6, 6.07) is 8.93. The molecule has 2 aromatic rings. The summed E-state index contributed by atoms with van der Waals surface area (Å²) in [7, 11) is 0. The Labute approximate surface area is 262 Å². The van der Waals surface area contributed by atoms with E-state index in [0.29, 0.717) is 37.8 Å². The monoisotopic (exact) mass is 679 g/mol. The number of ketones is 2. The Hall–Kier alpha value is -3.74. The first kappa shape index (κ1) is 34.7. The van der Waals surface area contributed by atoms with Crippen LogP contribution in [-0.2, 0) is 27.0 Å². The molecule has 1 aliphatic rings. The molecule has 44 heavy (non-hydrogen) atoms. The molecule has 0 spiro atoms. The molecule has 1 fully saturated rings. The maximum Gasteiger partial charge on any atom is 0.416 e. The molecule has 9 nitrogen and oxygen atoms in total. The van der Waals surface area contributed by atoms with Crippen LogP contribution in [0.3, 0.4) is 0 Å². The number of halogens is 4. The molecule has 3 atom stereocenters. The maximum atomic E-state index is 13.9. The summed E-state index contributed by atoms with van der Waals surface area (Å²) in [5, 5.41) is 2.73. The Morgan fingerprint density at radius 3 is 2.32 bits per heavy atom. The average Bonchev–Trinajstić information content (AvgIpc) is 3.48. The van der Waals surface area contributed by atoms with Gasteiger partial charge in [0.2, 0.25) is 5.91 Å². The van der Waals surface area contributed by atoms with Crippen LogP contribution in [0.15, 0.2) is 58.0 Å². The second-order valence-electron chi connectivity index (χ2n) is 10.8. The molecule has 0 unspecified atom stereocenters. The number of Topliss-reactive ketones (excluding diaryl/α,β-unsaturated/α-hetero) is 2. The predicted molar refractivity (Wildman–Crippen MR) is 164 cm³/mol. The van der Waals surface area contributed by atoms with E-state index in [2.05, 4.69) is 26.2 Å². The van der Waals surface area contributed by atoms with Crippen LogP contribution in [0.1, 0.15) is 66.9 Å². The summed E-state index contributed by atoms with van der Waals surface area (Å²) in [4.78, 5) is 58.5. The van der Waals surface area contributed by atoms with Gasteiger partial charge in [0, 0.05) is 48.3 Å². The van der Waals surface area contributed by atoms with Crippen molar-refractivity contribution < 1.29 is 32.3 Å². The van der Waals surface area contributed by atoms with Gasteiger partial charge >= 0.3 is 6.18 Å². The van der Waals surface area contributed by atoms with Crippen LogP contribution in [-0.4, -0.2) is 59.4 Å². The van der Waals surface area contributed by atoms with Gasteiger partial charge in [-0.1, -0.05) is 35.0 Å². The lowest BCUT2D eigenvalue weighted by Crippen LogP contribution is -2.52. The standard InChI is InChI=1S/C31H37BrF3N5O4/c1-2-26(41)21(5-3-15-38-30(36)37)18-27(42)25-6-4-16-40(25)29(44)24(39-28(43)20-9-13-23(32)14-10-20)17-19-7-11-22(12-8-19)31(33,34)35/h7-14,21,24-25H,2-6,15-18H2,1H3,(H,39,43)(H4,36,37,38)/t21-,24+,25+/m1/s1. The molecule has 13 heteroatoms. The van der Waals surface area contributed by atoms with Crippen molar-refractivity contribution in [2.24, 2.45) is 22.4 Å². The van der Waals surface area contributed by atoms with Crippen molar-refractivity contribution in [1.82, 2.24) is 10.2 Å². The molecule has 2 amide bonds. The summed E-state index contributed by atoms with van der Waals surface area (Å²) >= 11 is 3.31. The number of alkyl halides is 3. The number of nitrogens with one attached hydrogen (secondary N) is 1. The largest absolute Gasteiger partial charge is 0.416 e. The molecule has 1 aliphatic heterocycles. The highest BCUT2D eigenvalue weighted by Crippen LogP contribution is 2.30. The minimum absolute atomic E-state index is 0.0439. The molecular weight excluding hydrogens is 643 g/mol. The summed E-state index contributed by atoms with van der Waals surface area (Å²) in [6.45, 7) is 2.31. The lowest BCUT2D eigenvalue weighted by Gasteiger charge is -2.29. The summed E-state index contributed by atoms with van der Waals surface area (Å²) in [5.74, 6) is -1.98. The van der Waals surface area contributed by atoms with Crippen molar-refractivity contribution in [3.05, 3.63) is 69.7 Å². The first-order chi connectivity index (χ1) is 20.8. The highest BCUT2D eigenvalue weighted by Gasteiger charge is 2.39. The molecule has 238 valence electrons. The van der Waals surface area contributed by atoms with Gasteiger partial charge in [-0.3, -0.25) is 24.2 Å². The molecule has 0 aromatic heterocycles. The quantitative estimate of drug-likeness (QED) is 0.153. The molecule has 1 heterocycles. The second kappa shape index (κ2) is 15.8. The SMILES string of the molecule is CCC(=O)[C@H](CCCN=C(N)N)CC(=O)[C@@H]1CCCN1C(=O)[C@H](Cc1ccc(C(F)(F)F)cc1)NC(=O)c1ccc(Br)cc1. The third kappa shape index (κ3) is 9.90. The van der Waals surface area contributed by atoms with Crippen LogP contribution in [0.5, 0.6) is 0 Å². The Morgan fingerprint density at radius 2 is 1.73 bits per heavy atom. The molecule has 0 saturated carbocycles. The zero-order chi connectivity index (χ0) is 32.4. The number of hydrogen-bond acceptors (Lipinski definition) is 5. The second-order valence-corrected chi connectivity index (χ2v) is 11.7. The van der Waals surface area contributed by atoms with Gasteiger partial charge in [0.25, 0.3) is 5.91 Å². The highest BCUT2D eigenvalue weighted by atomic mass is 79.9. The van der Waals surface area contributed by atoms with Crippen LogP contribution in [0.4, 0.5) is 13.2 Å². The number of amides is 2. The first-order valence-corrected chi connectivity index (χ1v) is 15.2. The van der Waals surface area contributed by atoms with E-state index in [1.165, 1.54) is 17.0 Å². The van der Waals surface area contributed by atoms with Crippen LogP contribution in [0.2, 0.25) is 0 Å². The molecule has 1 saturated heterocycles. The van der Waals surface area contributed by atoms with E-state index in [1.807, 2.05) is 0 Å². The van der Waals surface area contributed by atoms with E-state index in [-0.39, 0.29) is 48.9 Å². The van der Waals surface area contributed by atoms with Gasteiger partial charge in [-0.05, 0) is 67.6 Å². The fourth-order valence-corrected chi connectivity index (χ4v) is 5.53. The number of aliphatic imine (C=N–C) groups is 1. The Morgan fingerprint density at radius 1 is 1.07 bits per heavy atom. The van der Waals surface area contributed by atoms with Crippen molar-refractivity contribution in [2.75, 3.05) is 13.1 Å². The van der Waals surface area contributed by atoms with Crippen molar-refractivity contribution in [2.45, 2.75) is 70.1 Å². The van der Waals surface area contributed by atoms with E-state index < -0.39 is 41.6 Å². The van der Waals surface area contributed by atoms with Crippen molar-refractivity contribution in [1.29, 1.82) is 0 Å². The topological polar surface area (TPSA) is 148 Å². The number of guanidine groups is 1. The van der Waals surface area contributed by atoms with E-state index in [4.69, 9.17) is 11.5 Å².